The van der Waals surface area contributed by atoms with Crippen molar-refractivity contribution in [2.75, 3.05) is 4.72 Å². The first-order chi connectivity index (χ1) is 13.7. The zero-order valence-corrected chi connectivity index (χ0v) is 17.6. The summed E-state index contributed by atoms with van der Waals surface area (Å²) in [6.45, 7) is 3.85. The molecule has 0 atom stereocenters. The number of para-hydroxylation sites is 1. The fourth-order valence-corrected chi connectivity index (χ4v) is 4.43. The third-order valence-electron chi connectivity index (χ3n) is 4.52. The zero-order chi connectivity index (χ0) is 21.2. The molecule has 0 aliphatic rings. The summed E-state index contributed by atoms with van der Waals surface area (Å²) < 4.78 is 28.0. The molecule has 0 aliphatic carbocycles. The SMILES string of the molecule is CC(C)c1cc(-c2ccccc2NS(=O)(=O)Cc2ccc(Cl)cc2)c(O)cc1O. The summed E-state index contributed by atoms with van der Waals surface area (Å²) in [4.78, 5) is 0. The number of halogens is 1. The van der Waals surface area contributed by atoms with E-state index in [1.165, 1.54) is 6.07 Å². The molecule has 3 N–H and O–H groups in total. The lowest BCUT2D eigenvalue weighted by Crippen LogP contribution is -2.15. The molecule has 0 saturated heterocycles. The predicted molar refractivity (Wildman–Crippen MR) is 117 cm³/mol. The molecule has 0 bridgehead atoms. The van der Waals surface area contributed by atoms with Crippen LogP contribution in [0.1, 0.15) is 30.9 Å². The number of aromatic hydroxyl groups is 2. The summed E-state index contributed by atoms with van der Waals surface area (Å²) >= 11 is 5.86. The molecule has 7 heteroatoms. The standard InChI is InChI=1S/C22H22ClNO4S/c1-14(2)18-11-19(22(26)12-21(18)25)17-5-3-4-6-20(17)24-29(27,28)13-15-7-9-16(23)10-8-15/h3-12,14,24-26H,13H2,1-2H3. The molecule has 3 rings (SSSR count). The van der Waals surface area contributed by atoms with Crippen molar-refractivity contribution in [2.45, 2.75) is 25.5 Å². The quantitative estimate of drug-likeness (QED) is 0.482. The Balaban J connectivity index is 1.98. The minimum absolute atomic E-state index is 0.00190. The first-order valence-corrected chi connectivity index (χ1v) is 11.1. The second kappa shape index (κ2) is 8.35. The van der Waals surface area contributed by atoms with Crippen LogP contribution in [0.4, 0.5) is 5.69 Å². The maximum Gasteiger partial charge on any atom is 0.236 e. The summed E-state index contributed by atoms with van der Waals surface area (Å²) in [7, 11) is -3.70. The lowest BCUT2D eigenvalue weighted by Gasteiger charge is -2.16. The van der Waals surface area contributed by atoms with Gasteiger partial charge in [0, 0.05) is 22.2 Å². The van der Waals surface area contributed by atoms with Crippen LogP contribution < -0.4 is 4.72 Å². The highest BCUT2D eigenvalue weighted by Gasteiger charge is 2.18. The van der Waals surface area contributed by atoms with Crippen molar-refractivity contribution < 1.29 is 18.6 Å². The lowest BCUT2D eigenvalue weighted by atomic mass is 9.95. The Kier molecular flexibility index (Phi) is 6.05. The maximum atomic E-state index is 12.7. The van der Waals surface area contributed by atoms with Gasteiger partial charge in [0.2, 0.25) is 10.0 Å². The number of phenols is 2. The second-order valence-electron chi connectivity index (χ2n) is 7.12. The smallest absolute Gasteiger partial charge is 0.236 e. The molecule has 0 unspecified atom stereocenters. The van der Waals surface area contributed by atoms with E-state index in [1.807, 2.05) is 13.8 Å². The van der Waals surface area contributed by atoms with Crippen LogP contribution in [0.25, 0.3) is 11.1 Å². The predicted octanol–water partition coefficient (Wildman–Crippen LogP) is 5.48. The van der Waals surface area contributed by atoms with E-state index >= 15 is 0 Å². The van der Waals surface area contributed by atoms with Crippen molar-refractivity contribution in [3.05, 3.63) is 76.8 Å². The monoisotopic (exact) mass is 431 g/mol. The number of anilines is 1. The molecule has 0 fully saturated rings. The van der Waals surface area contributed by atoms with Crippen molar-refractivity contribution in [3.63, 3.8) is 0 Å². The van der Waals surface area contributed by atoms with Gasteiger partial charge in [0.25, 0.3) is 0 Å². The van der Waals surface area contributed by atoms with Crippen LogP contribution in [-0.2, 0) is 15.8 Å². The molecule has 0 radical (unpaired) electrons. The number of sulfonamides is 1. The number of phenolic OH excluding ortho intramolecular Hbond substituents is 2. The van der Waals surface area contributed by atoms with Crippen LogP contribution in [0.15, 0.2) is 60.7 Å². The lowest BCUT2D eigenvalue weighted by molar-refractivity contribution is 0.445. The van der Waals surface area contributed by atoms with E-state index in [-0.39, 0.29) is 23.2 Å². The van der Waals surface area contributed by atoms with E-state index in [9.17, 15) is 18.6 Å². The number of hydrogen-bond acceptors (Lipinski definition) is 4. The molecule has 3 aromatic rings. The largest absolute Gasteiger partial charge is 0.508 e. The van der Waals surface area contributed by atoms with Gasteiger partial charge in [0.05, 0.1) is 11.4 Å². The van der Waals surface area contributed by atoms with E-state index in [0.29, 0.717) is 33.0 Å². The van der Waals surface area contributed by atoms with Crippen LogP contribution in [0.2, 0.25) is 5.02 Å². The molecular formula is C22H22ClNO4S. The van der Waals surface area contributed by atoms with Crippen molar-refractivity contribution in [2.24, 2.45) is 0 Å². The molecule has 0 saturated carbocycles. The molecule has 3 aromatic carbocycles. The number of nitrogens with one attached hydrogen (secondary N) is 1. The highest BCUT2D eigenvalue weighted by atomic mass is 35.5. The average Bonchev–Trinajstić information content (AvgIpc) is 2.64. The van der Waals surface area contributed by atoms with Crippen molar-refractivity contribution >= 4 is 27.3 Å². The van der Waals surface area contributed by atoms with Crippen LogP contribution >= 0.6 is 11.6 Å². The van der Waals surface area contributed by atoms with Gasteiger partial charge in [-0.3, -0.25) is 4.72 Å². The molecule has 0 spiro atoms. The van der Waals surface area contributed by atoms with Crippen molar-refractivity contribution in [1.29, 1.82) is 0 Å². The Morgan fingerprint density at radius 3 is 2.24 bits per heavy atom. The molecule has 0 aliphatic heterocycles. The van der Waals surface area contributed by atoms with E-state index in [1.54, 1.807) is 54.6 Å². The van der Waals surface area contributed by atoms with Gasteiger partial charge in [0.1, 0.15) is 11.5 Å². The van der Waals surface area contributed by atoms with Gasteiger partial charge >= 0.3 is 0 Å². The maximum absolute atomic E-state index is 12.7. The van der Waals surface area contributed by atoms with Gasteiger partial charge < -0.3 is 10.2 Å². The van der Waals surface area contributed by atoms with Crippen LogP contribution in [0, 0.1) is 0 Å². The fourth-order valence-electron chi connectivity index (χ4n) is 3.08. The van der Waals surface area contributed by atoms with Gasteiger partial charge in [-0.2, -0.15) is 0 Å². The Labute approximate surface area is 175 Å². The molecule has 29 heavy (non-hydrogen) atoms. The Hall–Kier alpha value is -2.70. The summed E-state index contributed by atoms with van der Waals surface area (Å²) in [6, 6.07) is 16.4. The molecule has 152 valence electrons. The second-order valence-corrected chi connectivity index (χ2v) is 9.27. The van der Waals surface area contributed by atoms with E-state index in [0.717, 1.165) is 0 Å². The highest BCUT2D eigenvalue weighted by molar-refractivity contribution is 7.91. The number of benzene rings is 3. The molecule has 5 nitrogen and oxygen atoms in total. The van der Waals surface area contributed by atoms with Crippen molar-refractivity contribution in [1.82, 2.24) is 0 Å². The first kappa shape index (κ1) is 21.0. The summed E-state index contributed by atoms with van der Waals surface area (Å²) in [5.74, 6) is -0.307. The molecule has 0 amide bonds. The van der Waals surface area contributed by atoms with Gasteiger partial charge in [-0.05, 0) is 41.3 Å². The number of rotatable bonds is 6. The van der Waals surface area contributed by atoms with E-state index in [2.05, 4.69) is 4.72 Å². The fraction of sp³-hybridized carbons (Fsp3) is 0.182. The minimum Gasteiger partial charge on any atom is -0.508 e. The molecule has 0 aromatic heterocycles. The number of hydrogen-bond donors (Lipinski definition) is 3. The molecular weight excluding hydrogens is 410 g/mol. The summed E-state index contributed by atoms with van der Waals surface area (Å²) in [5, 5.41) is 21.0. The summed E-state index contributed by atoms with van der Waals surface area (Å²) in [6.07, 6.45) is 0. The van der Waals surface area contributed by atoms with E-state index in [4.69, 9.17) is 11.6 Å². The Morgan fingerprint density at radius 1 is 0.931 bits per heavy atom. The zero-order valence-electron chi connectivity index (χ0n) is 16.1. The van der Waals surface area contributed by atoms with Gasteiger partial charge in [-0.25, -0.2) is 8.42 Å². The van der Waals surface area contributed by atoms with Gasteiger partial charge in [-0.15, -0.1) is 0 Å². The van der Waals surface area contributed by atoms with Crippen molar-refractivity contribution in [3.8, 4) is 22.6 Å². The Morgan fingerprint density at radius 2 is 1.59 bits per heavy atom. The minimum atomic E-state index is -3.70. The topological polar surface area (TPSA) is 86.6 Å². The summed E-state index contributed by atoms with van der Waals surface area (Å²) in [5.41, 5.74) is 2.57. The highest BCUT2D eigenvalue weighted by Crippen LogP contribution is 2.40. The normalized spacial score (nSPS) is 11.6. The average molecular weight is 432 g/mol. The Bertz CT molecular complexity index is 1130. The van der Waals surface area contributed by atoms with Crippen LogP contribution in [-0.4, -0.2) is 18.6 Å². The van der Waals surface area contributed by atoms with Gasteiger partial charge in [-0.1, -0.05) is 55.8 Å². The third-order valence-corrected chi connectivity index (χ3v) is 6.02. The first-order valence-electron chi connectivity index (χ1n) is 9.06. The van der Waals surface area contributed by atoms with Crippen LogP contribution in [0.5, 0.6) is 11.5 Å². The van der Waals surface area contributed by atoms with Gasteiger partial charge in [0.15, 0.2) is 0 Å². The van der Waals surface area contributed by atoms with Crippen LogP contribution in [0.3, 0.4) is 0 Å². The third kappa shape index (κ3) is 5.02. The molecule has 0 heterocycles. The van der Waals surface area contributed by atoms with E-state index < -0.39 is 10.0 Å².